The number of oxime groups is 1. The highest BCUT2D eigenvalue weighted by molar-refractivity contribution is 7.86. The summed E-state index contributed by atoms with van der Waals surface area (Å²) in [5.74, 6) is 0.241. The fraction of sp³-hybridized carbons (Fsp3) is 0.240. The van der Waals surface area contributed by atoms with Crippen LogP contribution in [0.25, 0.3) is 0 Å². The van der Waals surface area contributed by atoms with E-state index in [9.17, 15) is 34.8 Å². The van der Waals surface area contributed by atoms with E-state index in [2.05, 4.69) is 9.44 Å². The molecule has 3 aromatic carbocycles. The van der Waals surface area contributed by atoms with E-state index < -0.39 is 38.5 Å². The van der Waals surface area contributed by atoms with Crippen molar-refractivity contribution in [3.8, 4) is 0 Å². The highest BCUT2D eigenvalue weighted by Gasteiger charge is 2.38. The molecule has 198 valence electrons. The molecule has 37 heavy (non-hydrogen) atoms. The van der Waals surface area contributed by atoms with Crippen molar-refractivity contribution in [3.05, 3.63) is 99.6 Å². The van der Waals surface area contributed by atoms with Crippen LogP contribution >= 0.6 is 11.6 Å². The van der Waals surface area contributed by atoms with Crippen LogP contribution in [-0.4, -0.2) is 14.1 Å². The van der Waals surface area contributed by atoms with Gasteiger partial charge in [0.25, 0.3) is 0 Å². The zero-order valence-corrected chi connectivity index (χ0v) is 20.9. The van der Waals surface area contributed by atoms with Gasteiger partial charge < -0.3 is 0 Å². The van der Waals surface area contributed by atoms with Crippen molar-refractivity contribution in [3.63, 3.8) is 0 Å². The number of halogens is 7. The molecule has 1 atom stereocenters. The van der Waals surface area contributed by atoms with Crippen molar-refractivity contribution in [2.45, 2.75) is 43.4 Å². The lowest BCUT2D eigenvalue weighted by atomic mass is 9.95. The molecule has 12 heteroatoms. The average molecular weight is 564 g/mol. The highest BCUT2D eigenvalue weighted by atomic mass is 35.5. The summed E-state index contributed by atoms with van der Waals surface area (Å²) in [4.78, 5) is -1.35. The van der Waals surface area contributed by atoms with Gasteiger partial charge in [0.15, 0.2) is 0 Å². The maximum absolute atomic E-state index is 13.2. The molecule has 0 aliphatic carbocycles. The van der Waals surface area contributed by atoms with E-state index in [0.717, 1.165) is 12.0 Å². The Balaban J connectivity index is 2.09. The number of alkyl halides is 6. The molecule has 0 radical (unpaired) electrons. The smallest absolute Gasteiger partial charge is 0.264 e. The predicted octanol–water partition coefficient (Wildman–Crippen LogP) is 8.05. The molecule has 3 rings (SSSR count). The van der Waals surface area contributed by atoms with Gasteiger partial charge in [0.2, 0.25) is 0 Å². The Morgan fingerprint density at radius 2 is 1.32 bits per heavy atom. The largest absolute Gasteiger partial charge is 0.416 e. The highest BCUT2D eigenvalue weighted by Crippen LogP contribution is 2.37. The van der Waals surface area contributed by atoms with E-state index >= 15 is 0 Å². The summed E-state index contributed by atoms with van der Waals surface area (Å²) in [6.45, 7) is 4.03. The lowest BCUT2D eigenvalue weighted by Gasteiger charge is -2.14. The Kier molecular flexibility index (Phi) is 8.28. The van der Waals surface area contributed by atoms with Gasteiger partial charge in [0.1, 0.15) is 10.6 Å². The molecule has 3 aromatic rings. The van der Waals surface area contributed by atoms with Crippen LogP contribution in [-0.2, 0) is 26.8 Å². The molecule has 0 saturated heterocycles. The molecule has 0 aliphatic rings. The summed E-state index contributed by atoms with van der Waals surface area (Å²) in [7, 11) is -5.18. The summed E-state index contributed by atoms with van der Waals surface area (Å²) < 4.78 is 109. The average Bonchev–Trinajstić information content (AvgIpc) is 2.83. The third-order valence-corrected chi connectivity index (χ3v) is 6.90. The van der Waals surface area contributed by atoms with E-state index in [1.165, 1.54) is 24.3 Å². The lowest BCUT2D eigenvalue weighted by Crippen LogP contribution is -2.14. The van der Waals surface area contributed by atoms with Gasteiger partial charge in [-0.2, -0.15) is 34.8 Å². The molecule has 4 nitrogen and oxygen atoms in total. The van der Waals surface area contributed by atoms with Crippen LogP contribution < -0.4 is 0 Å². The van der Waals surface area contributed by atoms with Crippen LogP contribution in [0.1, 0.15) is 54.0 Å². The third-order valence-electron chi connectivity index (χ3n) is 5.56. The Bertz CT molecular complexity index is 1350. The number of benzene rings is 3. The van der Waals surface area contributed by atoms with E-state index in [1.807, 2.05) is 13.8 Å². The van der Waals surface area contributed by atoms with Crippen LogP contribution in [0.3, 0.4) is 0 Å². The molecule has 0 saturated carbocycles. The van der Waals surface area contributed by atoms with E-state index in [-0.39, 0.29) is 29.8 Å². The van der Waals surface area contributed by atoms with Crippen molar-refractivity contribution < 1.29 is 39.0 Å². The third kappa shape index (κ3) is 7.04. The quantitative estimate of drug-likeness (QED) is 0.166. The lowest BCUT2D eigenvalue weighted by molar-refractivity contribution is -0.143. The molecule has 0 fully saturated rings. The molecular weight excluding hydrogens is 544 g/mol. The van der Waals surface area contributed by atoms with Gasteiger partial charge in [0, 0.05) is 16.1 Å². The number of nitrogens with zero attached hydrogens (tertiary/aromatic N) is 1. The Morgan fingerprint density at radius 3 is 1.76 bits per heavy atom. The molecule has 0 amide bonds. The summed E-state index contributed by atoms with van der Waals surface area (Å²) in [6.07, 6.45) is -9.60. The minimum absolute atomic E-state index is 0.0287. The topological polar surface area (TPSA) is 55.7 Å². The zero-order valence-electron chi connectivity index (χ0n) is 19.4. The van der Waals surface area contributed by atoms with Crippen LogP contribution in [0.5, 0.6) is 0 Å². The van der Waals surface area contributed by atoms with Crippen molar-refractivity contribution >= 4 is 27.4 Å². The van der Waals surface area contributed by atoms with Crippen molar-refractivity contribution in [2.24, 2.45) is 5.16 Å². The fourth-order valence-corrected chi connectivity index (χ4v) is 4.21. The molecule has 1 unspecified atom stereocenters. The van der Waals surface area contributed by atoms with Gasteiger partial charge in [0.05, 0.1) is 11.1 Å². The minimum Gasteiger partial charge on any atom is -0.264 e. The minimum atomic E-state index is -5.24. The monoisotopic (exact) mass is 563 g/mol. The van der Waals surface area contributed by atoms with Gasteiger partial charge in [-0.3, -0.25) is 4.28 Å². The summed E-state index contributed by atoms with van der Waals surface area (Å²) >= 11 is 5.92. The molecule has 0 heterocycles. The Hall–Kier alpha value is -3.05. The first kappa shape index (κ1) is 28.5. The maximum atomic E-state index is 13.2. The molecule has 0 aliphatic heterocycles. The summed E-state index contributed by atoms with van der Waals surface area (Å²) in [5, 5.41) is 4.01. The first-order valence-electron chi connectivity index (χ1n) is 10.8. The van der Waals surface area contributed by atoms with E-state index in [1.54, 1.807) is 24.3 Å². The van der Waals surface area contributed by atoms with Gasteiger partial charge in [-0.1, -0.05) is 67.0 Å². The molecule has 0 bridgehead atoms. The van der Waals surface area contributed by atoms with Crippen LogP contribution in [0.4, 0.5) is 26.3 Å². The fourth-order valence-electron chi connectivity index (χ4n) is 3.29. The molecular formula is C25H20ClF6NO3S. The predicted molar refractivity (Wildman–Crippen MR) is 127 cm³/mol. The summed E-state index contributed by atoms with van der Waals surface area (Å²) in [6, 6.07) is 12.8. The van der Waals surface area contributed by atoms with Crippen LogP contribution in [0, 0.1) is 0 Å². The van der Waals surface area contributed by atoms with Crippen LogP contribution in [0.15, 0.2) is 76.8 Å². The molecule has 0 aromatic heterocycles. The second kappa shape index (κ2) is 10.7. The van der Waals surface area contributed by atoms with Gasteiger partial charge in [-0.05, 0) is 48.2 Å². The zero-order chi connectivity index (χ0) is 27.6. The Labute approximate surface area is 214 Å². The molecule has 0 N–H and O–H groups in total. The number of hydrogen-bond donors (Lipinski definition) is 0. The first-order chi connectivity index (χ1) is 17.1. The Morgan fingerprint density at radius 1 is 0.865 bits per heavy atom. The van der Waals surface area contributed by atoms with Crippen molar-refractivity contribution in [2.75, 3.05) is 0 Å². The number of hydrogen-bond acceptors (Lipinski definition) is 4. The SMILES string of the molecule is CCC(C)c1ccc(C(=NOS(=O)(=O)c2cc(C(F)(F)F)cc(C(F)(F)F)c2)c2ccc(Cl)cc2)cc1. The van der Waals surface area contributed by atoms with E-state index in [0.29, 0.717) is 16.1 Å². The number of rotatable bonds is 7. The normalized spacial score (nSPS) is 13.9. The van der Waals surface area contributed by atoms with Crippen molar-refractivity contribution in [1.82, 2.24) is 0 Å². The van der Waals surface area contributed by atoms with Gasteiger partial charge in [-0.15, -0.1) is 0 Å². The molecule has 0 spiro atoms. The first-order valence-corrected chi connectivity index (χ1v) is 12.6. The second-order valence-corrected chi connectivity index (χ2v) is 10.1. The standard InChI is InChI=1S/C25H20ClF6NO3S/c1-3-15(2)16-4-6-17(7-5-16)23(18-8-10-21(26)11-9-18)33-36-37(34,35)22-13-19(24(27,28)29)12-20(14-22)25(30,31)32/h4-15H,3H2,1-2H3. The van der Waals surface area contributed by atoms with Crippen LogP contribution in [0.2, 0.25) is 5.02 Å². The van der Waals surface area contributed by atoms with Gasteiger partial charge >= 0.3 is 22.5 Å². The van der Waals surface area contributed by atoms with Gasteiger partial charge in [-0.25, -0.2) is 0 Å². The summed E-state index contributed by atoms with van der Waals surface area (Å²) in [5.41, 5.74) is -1.89. The van der Waals surface area contributed by atoms with E-state index in [4.69, 9.17) is 11.6 Å². The second-order valence-electron chi connectivity index (χ2n) is 8.15. The van der Waals surface area contributed by atoms with Crippen molar-refractivity contribution in [1.29, 1.82) is 0 Å². The maximum Gasteiger partial charge on any atom is 0.416 e.